The summed E-state index contributed by atoms with van der Waals surface area (Å²) in [6, 6.07) is 17.8. The number of hydrogen-bond donors (Lipinski definition) is 1. The number of benzene rings is 2. The fraction of sp³-hybridized carbons (Fsp3) is 0.0625. The highest BCUT2D eigenvalue weighted by Crippen LogP contribution is 2.17. The normalized spacial score (nSPS) is 10.7. The summed E-state index contributed by atoms with van der Waals surface area (Å²) < 4.78 is 2.16. The van der Waals surface area contributed by atoms with Gasteiger partial charge in [-0.25, -0.2) is 0 Å². The van der Waals surface area contributed by atoms with Crippen molar-refractivity contribution in [3.63, 3.8) is 0 Å². The third kappa shape index (κ3) is 2.22. The van der Waals surface area contributed by atoms with E-state index in [-0.39, 0.29) is 5.91 Å². The van der Waals surface area contributed by atoms with Crippen LogP contribution >= 0.6 is 0 Å². The molecule has 0 fully saturated rings. The summed E-state index contributed by atoms with van der Waals surface area (Å²) in [5.74, 6) is -0.390. The fourth-order valence-electron chi connectivity index (χ4n) is 2.30. The Labute approximate surface area is 111 Å². The summed E-state index contributed by atoms with van der Waals surface area (Å²) in [5, 5.41) is 1.22. The summed E-state index contributed by atoms with van der Waals surface area (Å²) in [6.07, 6.45) is 2.06. The second-order valence-electron chi connectivity index (χ2n) is 4.57. The highest BCUT2D eigenvalue weighted by atomic mass is 16.1. The number of rotatable bonds is 3. The van der Waals surface area contributed by atoms with Crippen LogP contribution in [0.25, 0.3) is 10.9 Å². The first kappa shape index (κ1) is 11.5. The highest BCUT2D eigenvalue weighted by molar-refractivity contribution is 5.92. The first-order chi connectivity index (χ1) is 9.24. The lowest BCUT2D eigenvalue weighted by Crippen LogP contribution is -2.11. The molecule has 0 aliphatic carbocycles. The largest absolute Gasteiger partial charge is 0.366 e. The molecule has 0 bridgehead atoms. The van der Waals surface area contributed by atoms with Crippen LogP contribution in [0.2, 0.25) is 0 Å². The first-order valence-electron chi connectivity index (χ1n) is 6.17. The van der Waals surface area contributed by atoms with Crippen molar-refractivity contribution >= 4 is 16.8 Å². The quantitative estimate of drug-likeness (QED) is 0.763. The molecule has 1 aromatic heterocycles. The van der Waals surface area contributed by atoms with E-state index in [2.05, 4.69) is 29.0 Å². The Morgan fingerprint density at radius 1 is 1.05 bits per heavy atom. The second-order valence-corrected chi connectivity index (χ2v) is 4.57. The minimum Gasteiger partial charge on any atom is -0.366 e. The lowest BCUT2D eigenvalue weighted by Gasteiger charge is -2.06. The fourth-order valence-corrected chi connectivity index (χ4v) is 2.30. The molecule has 2 N–H and O–H groups in total. The predicted octanol–water partition coefficient (Wildman–Crippen LogP) is 2.79. The summed E-state index contributed by atoms with van der Waals surface area (Å²) in [6.45, 7) is 0.731. The molecule has 3 aromatic rings. The zero-order chi connectivity index (χ0) is 13.2. The summed E-state index contributed by atoms with van der Waals surface area (Å²) in [4.78, 5) is 11.2. The Bertz CT molecular complexity index is 743. The van der Waals surface area contributed by atoms with E-state index in [0.717, 1.165) is 12.1 Å². The maximum Gasteiger partial charge on any atom is 0.248 e. The van der Waals surface area contributed by atoms with Crippen molar-refractivity contribution in [2.45, 2.75) is 6.54 Å². The SMILES string of the molecule is NC(=O)c1cccc(Cn2ccc3ccccc32)c1. The van der Waals surface area contributed by atoms with E-state index in [1.165, 1.54) is 10.9 Å². The van der Waals surface area contributed by atoms with Gasteiger partial charge in [-0.1, -0.05) is 30.3 Å². The molecule has 0 unspecified atom stereocenters. The van der Waals surface area contributed by atoms with Crippen LogP contribution < -0.4 is 5.73 Å². The van der Waals surface area contributed by atoms with Crippen molar-refractivity contribution in [2.75, 3.05) is 0 Å². The van der Waals surface area contributed by atoms with Gasteiger partial charge in [0.15, 0.2) is 0 Å². The van der Waals surface area contributed by atoms with Crippen molar-refractivity contribution in [3.8, 4) is 0 Å². The van der Waals surface area contributed by atoms with Crippen LogP contribution in [-0.4, -0.2) is 10.5 Å². The summed E-state index contributed by atoms with van der Waals surface area (Å²) in [5.41, 5.74) is 8.11. The van der Waals surface area contributed by atoms with Gasteiger partial charge in [0.25, 0.3) is 0 Å². The van der Waals surface area contributed by atoms with Gasteiger partial charge in [0.1, 0.15) is 0 Å². The lowest BCUT2D eigenvalue weighted by atomic mass is 10.1. The van der Waals surface area contributed by atoms with Crippen LogP contribution in [0.15, 0.2) is 60.8 Å². The van der Waals surface area contributed by atoms with Crippen LogP contribution in [0.1, 0.15) is 15.9 Å². The number of amides is 1. The van der Waals surface area contributed by atoms with Crippen molar-refractivity contribution in [1.82, 2.24) is 4.57 Å². The number of aromatic nitrogens is 1. The van der Waals surface area contributed by atoms with E-state index in [1.807, 2.05) is 30.3 Å². The average Bonchev–Trinajstić information content (AvgIpc) is 2.83. The number of nitrogens with two attached hydrogens (primary N) is 1. The summed E-state index contributed by atoms with van der Waals surface area (Å²) in [7, 11) is 0. The van der Waals surface area contributed by atoms with E-state index >= 15 is 0 Å². The average molecular weight is 250 g/mol. The Balaban J connectivity index is 1.97. The van der Waals surface area contributed by atoms with E-state index in [0.29, 0.717) is 5.56 Å². The van der Waals surface area contributed by atoms with Crippen LogP contribution in [-0.2, 0) is 6.54 Å². The molecule has 0 aliphatic rings. The minimum absolute atomic E-state index is 0.390. The van der Waals surface area contributed by atoms with Crippen molar-refractivity contribution < 1.29 is 4.79 Å². The highest BCUT2D eigenvalue weighted by Gasteiger charge is 2.04. The van der Waals surface area contributed by atoms with Crippen molar-refractivity contribution in [3.05, 3.63) is 71.9 Å². The van der Waals surface area contributed by atoms with Gasteiger partial charge in [0.05, 0.1) is 0 Å². The molecule has 1 amide bonds. The van der Waals surface area contributed by atoms with E-state index in [1.54, 1.807) is 6.07 Å². The molecular formula is C16H14N2O. The predicted molar refractivity (Wildman–Crippen MR) is 76.0 cm³/mol. The Kier molecular flexibility index (Phi) is 2.80. The smallest absolute Gasteiger partial charge is 0.248 e. The maximum absolute atomic E-state index is 11.2. The minimum atomic E-state index is -0.390. The van der Waals surface area contributed by atoms with Gasteiger partial charge in [0.2, 0.25) is 5.91 Å². The molecule has 0 saturated carbocycles. The lowest BCUT2D eigenvalue weighted by molar-refractivity contribution is 0.1000. The van der Waals surface area contributed by atoms with E-state index in [9.17, 15) is 4.79 Å². The number of primary amides is 1. The van der Waals surface area contributed by atoms with Crippen LogP contribution in [0, 0.1) is 0 Å². The zero-order valence-corrected chi connectivity index (χ0v) is 10.4. The summed E-state index contributed by atoms with van der Waals surface area (Å²) >= 11 is 0. The molecule has 3 heteroatoms. The Hall–Kier alpha value is -2.55. The van der Waals surface area contributed by atoms with Crippen molar-refractivity contribution in [2.24, 2.45) is 5.73 Å². The standard InChI is InChI=1S/C16H14N2O/c17-16(19)14-6-3-4-12(10-14)11-18-9-8-13-5-1-2-7-15(13)18/h1-10H,11H2,(H2,17,19). The Morgan fingerprint density at radius 2 is 1.89 bits per heavy atom. The van der Waals surface area contributed by atoms with Crippen LogP contribution in [0.5, 0.6) is 0 Å². The molecular weight excluding hydrogens is 236 g/mol. The third-order valence-electron chi connectivity index (χ3n) is 3.24. The molecule has 0 radical (unpaired) electrons. The van der Waals surface area contributed by atoms with Gasteiger partial charge in [-0.2, -0.15) is 0 Å². The van der Waals surface area contributed by atoms with Gasteiger partial charge in [-0.05, 0) is 35.2 Å². The molecule has 0 atom stereocenters. The number of nitrogens with zero attached hydrogens (tertiary/aromatic N) is 1. The molecule has 3 nitrogen and oxygen atoms in total. The number of carbonyl (C=O) groups is 1. The molecule has 1 heterocycles. The molecule has 0 saturated heterocycles. The van der Waals surface area contributed by atoms with Crippen molar-refractivity contribution in [1.29, 1.82) is 0 Å². The molecule has 0 spiro atoms. The van der Waals surface area contributed by atoms with Gasteiger partial charge in [-0.15, -0.1) is 0 Å². The molecule has 19 heavy (non-hydrogen) atoms. The third-order valence-corrected chi connectivity index (χ3v) is 3.24. The van der Waals surface area contributed by atoms with E-state index < -0.39 is 0 Å². The molecule has 2 aromatic carbocycles. The topological polar surface area (TPSA) is 48.0 Å². The number of carbonyl (C=O) groups excluding carboxylic acids is 1. The maximum atomic E-state index is 11.2. The van der Waals surface area contributed by atoms with Gasteiger partial charge in [-0.3, -0.25) is 4.79 Å². The van der Waals surface area contributed by atoms with Gasteiger partial charge >= 0.3 is 0 Å². The number of hydrogen-bond acceptors (Lipinski definition) is 1. The van der Waals surface area contributed by atoms with Crippen LogP contribution in [0.4, 0.5) is 0 Å². The first-order valence-corrected chi connectivity index (χ1v) is 6.17. The van der Waals surface area contributed by atoms with E-state index in [4.69, 9.17) is 5.73 Å². The number of fused-ring (bicyclic) bond motifs is 1. The van der Waals surface area contributed by atoms with Gasteiger partial charge < -0.3 is 10.3 Å². The monoisotopic (exact) mass is 250 g/mol. The van der Waals surface area contributed by atoms with Crippen LogP contribution in [0.3, 0.4) is 0 Å². The number of para-hydroxylation sites is 1. The Morgan fingerprint density at radius 3 is 2.74 bits per heavy atom. The molecule has 0 aliphatic heterocycles. The molecule has 94 valence electrons. The van der Waals surface area contributed by atoms with Gasteiger partial charge in [0, 0.05) is 23.8 Å². The second kappa shape index (κ2) is 4.61. The zero-order valence-electron chi connectivity index (χ0n) is 10.4. The molecule has 3 rings (SSSR count).